The van der Waals surface area contributed by atoms with Gasteiger partial charge in [-0.1, -0.05) is 12.1 Å². The molecule has 0 aliphatic heterocycles. The van der Waals surface area contributed by atoms with E-state index in [1.54, 1.807) is 0 Å². The molecule has 2 aromatic rings. The van der Waals surface area contributed by atoms with Crippen LogP contribution in [0.1, 0.15) is 49.3 Å². The van der Waals surface area contributed by atoms with E-state index in [2.05, 4.69) is 63.7 Å². The summed E-state index contributed by atoms with van der Waals surface area (Å²) in [4.78, 5) is 0. The Bertz CT molecular complexity index is 898. The summed E-state index contributed by atoms with van der Waals surface area (Å²) in [5, 5.41) is 7.21. The van der Waals surface area contributed by atoms with Crippen molar-refractivity contribution in [3.8, 4) is 0 Å². The van der Waals surface area contributed by atoms with E-state index in [1.807, 2.05) is 26.0 Å². The van der Waals surface area contributed by atoms with Gasteiger partial charge in [0.05, 0.1) is 6.04 Å². The SMILES string of the molecule is CCNC(=S)NNC(C)C(NNC(=S)NCC)c1cc(C)n(Cc2ccc(F)cc2)c1C. The molecule has 0 saturated carbocycles. The summed E-state index contributed by atoms with van der Waals surface area (Å²) in [6, 6.07) is 8.59. The molecule has 10 heteroatoms. The summed E-state index contributed by atoms with van der Waals surface area (Å²) in [5.41, 5.74) is 17.1. The van der Waals surface area contributed by atoms with Gasteiger partial charge in [-0.05, 0) is 88.4 Å². The molecule has 2 rings (SSSR count). The smallest absolute Gasteiger partial charge is 0.180 e. The zero-order chi connectivity index (χ0) is 23.7. The van der Waals surface area contributed by atoms with E-state index in [0.29, 0.717) is 16.8 Å². The first-order chi connectivity index (χ1) is 15.3. The number of aryl methyl sites for hydroxylation is 1. The van der Waals surface area contributed by atoms with Crippen LogP contribution in [0.2, 0.25) is 0 Å². The Morgan fingerprint density at radius 2 is 1.53 bits per heavy atom. The van der Waals surface area contributed by atoms with Gasteiger partial charge in [-0.25, -0.2) is 15.2 Å². The number of hydrazine groups is 2. The zero-order valence-electron chi connectivity index (χ0n) is 19.3. The van der Waals surface area contributed by atoms with Gasteiger partial charge in [0.2, 0.25) is 0 Å². The highest BCUT2D eigenvalue weighted by Gasteiger charge is 2.24. The van der Waals surface area contributed by atoms with Crippen LogP contribution in [-0.4, -0.2) is 33.9 Å². The van der Waals surface area contributed by atoms with Gasteiger partial charge in [-0.3, -0.25) is 10.9 Å². The molecule has 176 valence electrons. The fourth-order valence-corrected chi connectivity index (χ4v) is 3.85. The van der Waals surface area contributed by atoms with E-state index in [9.17, 15) is 4.39 Å². The lowest BCUT2D eigenvalue weighted by Crippen LogP contribution is -2.55. The third-order valence-electron chi connectivity index (χ3n) is 5.13. The second-order valence-electron chi connectivity index (χ2n) is 7.56. The van der Waals surface area contributed by atoms with Gasteiger partial charge in [-0.15, -0.1) is 0 Å². The van der Waals surface area contributed by atoms with Crippen molar-refractivity contribution in [1.29, 1.82) is 0 Å². The summed E-state index contributed by atoms with van der Waals surface area (Å²) in [5.74, 6) is -0.231. The Morgan fingerprint density at radius 3 is 2.09 bits per heavy atom. The van der Waals surface area contributed by atoms with Crippen LogP contribution in [0.15, 0.2) is 30.3 Å². The molecule has 0 aliphatic rings. The minimum atomic E-state index is -0.231. The molecule has 32 heavy (non-hydrogen) atoms. The van der Waals surface area contributed by atoms with Crippen molar-refractivity contribution in [2.45, 2.75) is 53.2 Å². The quantitative estimate of drug-likeness (QED) is 0.230. The first kappa shape index (κ1) is 26.0. The van der Waals surface area contributed by atoms with Gasteiger partial charge in [0.25, 0.3) is 0 Å². The number of hydrogen-bond acceptors (Lipinski definition) is 4. The molecule has 0 spiro atoms. The van der Waals surface area contributed by atoms with E-state index >= 15 is 0 Å². The highest BCUT2D eigenvalue weighted by Crippen LogP contribution is 2.25. The Morgan fingerprint density at radius 1 is 0.969 bits per heavy atom. The molecule has 1 aromatic heterocycles. The molecule has 7 nitrogen and oxygen atoms in total. The largest absolute Gasteiger partial charge is 0.362 e. The molecule has 0 aliphatic carbocycles. The van der Waals surface area contributed by atoms with Crippen molar-refractivity contribution in [3.63, 3.8) is 0 Å². The molecule has 0 radical (unpaired) electrons. The lowest BCUT2D eigenvalue weighted by Gasteiger charge is -2.28. The highest BCUT2D eigenvalue weighted by atomic mass is 32.1. The standard InChI is InChI=1S/C22H34FN7S2/c1-6-24-21(31)28-26-15(4)20(27-29-22(32)25-7-2)19-12-14(3)30(16(19)5)13-17-8-10-18(23)11-9-17/h8-12,15,20,26-27H,6-7,13H2,1-5H3,(H2,24,28,31)(H2,25,29,32). The molecule has 2 atom stereocenters. The lowest BCUT2D eigenvalue weighted by molar-refractivity contribution is 0.368. The number of benzene rings is 1. The van der Waals surface area contributed by atoms with Gasteiger partial charge in [-0.2, -0.15) is 0 Å². The van der Waals surface area contributed by atoms with Crippen molar-refractivity contribution in [2.75, 3.05) is 13.1 Å². The van der Waals surface area contributed by atoms with E-state index < -0.39 is 0 Å². The number of hydrogen-bond donors (Lipinski definition) is 6. The van der Waals surface area contributed by atoms with Gasteiger partial charge < -0.3 is 15.2 Å². The van der Waals surface area contributed by atoms with Crippen LogP contribution < -0.4 is 32.3 Å². The Hall–Kier alpha value is -2.27. The molecular formula is C22H34FN7S2. The second kappa shape index (κ2) is 12.7. The number of nitrogens with zero attached hydrogens (tertiary/aromatic N) is 1. The third-order valence-corrected chi connectivity index (χ3v) is 5.62. The van der Waals surface area contributed by atoms with Gasteiger partial charge in [0.15, 0.2) is 10.2 Å². The summed E-state index contributed by atoms with van der Waals surface area (Å²) < 4.78 is 15.5. The predicted molar refractivity (Wildman–Crippen MR) is 137 cm³/mol. The zero-order valence-corrected chi connectivity index (χ0v) is 20.9. The van der Waals surface area contributed by atoms with Crippen LogP contribution in [0.4, 0.5) is 4.39 Å². The Kier molecular flexibility index (Phi) is 10.3. The molecular weight excluding hydrogens is 445 g/mol. The fraction of sp³-hybridized carbons (Fsp3) is 0.455. The average molecular weight is 480 g/mol. The topological polar surface area (TPSA) is 77.1 Å². The molecule has 0 amide bonds. The molecule has 1 heterocycles. The van der Waals surface area contributed by atoms with Crippen LogP contribution >= 0.6 is 24.4 Å². The summed E-state index contributed by atoms with van der Waals surface area (Å²) in [6.07, 6.45) is 0. The van der Waals surface area contributed by atoms with Gasteiger partial charge >= 0.3 is 0 Å². The number of rotatable bonds is 10. The van der Waals surface area contributed by atoms with E-state index in [4.69, 9.17) is 24.4 Å². The van der Waals surface area contributed by atoms with Crippen molar-refractivity contribution >= 4 is 34.7 Å². The average Bonchev–Trinajstić information content (AvgIpc) is 3.02. The number of halogens is 1. The van der Waals surface area contributed by atoms with Crippen LogP contribution in [-0.2, 0) is 6.54 Å². The number of aromatic nitrogens is 1. The Labute approximate surface area is 200 Å². The second-order valence-corrected chi connectivity index (χ2v) is 8.38. The maximum Gasteiger partial charge on any atom is 0.180 e. The summed E-state index contributed by atoms with van der Waals surface area (Å²) in [7, 11) is 0. The van der Waals surface area contributed by atoms with E-state index in [-0.39, 0.29) is 17.9 Å². The van der Waals surface area contributed by atoms with Crippen LogP contribution in [0.3, 0.4) is 0 Å². The number of thiocarbonyl (C=S) groups is 2. The van der Waals surface area contributed by atoms with Crippen molar-refractivity contribution in [1.82, 2.24) is 36.9 Å². The molecule has 0 bridgehead atoms. The monoisotopic (exact) mass is 479 g/mol. The van der Waals surface area contributed by atoms with Gasteiger partial charge in [0, 0.05) is 37.1 Å². The van der Waals surface area contributed by atoms with Crippen LogP contribution in [0, 0.1) is 19.7 Å². The van der Waals surface area contributed by atoms with Crippen molar-refractivity contribution in [2.24, 2.45) is 0 Å². The first-order valence-corrected chi connectivity index (χ1v) is 11.6. The maximum absolute atomic E-state index is 13.3. The molecule has 1 aromatic carbocycles. The fourth-order valence-electron chi connectivity index (χ4n) is 3.45. The minimum Gasteiger partial charge on any atom is -0.362 e. The Balaban J connectivity index is 2.25. The molecule has 2 unspecified atom stereocenters. The van der Waals surface area contributed by atoms with Gasteiger partial charge in [0.1, 0.15) is 5.82 Å². The van der Waals surface area contributed by atoms with E-state index in [1.165, 1.54) is 12.1 Å². The van der Waals surface area contributed by atoms with Crippen LogP contribution in [0.25, 0.3) is 0 Å². The van der Waals surface area contributed by atoms with Crippen molar-refractivity contribution in [3.05, 3.63) is 58.7 Å². The van der Waals surface area contributed by atoms with E-state index in [0.717, 1.165) is 35.6 Å². The maximum atomic E-state index is 13.3. The molecule has 0 fully saturated rings. The normalized spacial score (nSPS) is 12.7. The molecule has 0 saturated heterocycles. The van der Waals surface area contributed by atoms with Crippen molar-refractivity contribution < 1.29 is 4.39 Å². The third kappa shape index (κ3) is 7.40. The highest BCUT2D eigenvalue weighted by molar-refractivity contribution is 7.80. The van der Waals surface area contributed by atoms with Crippen LogP contribution in [0.5, 0.6) is 0 Å². The lowest BCUT2D eigenvalue weighted by atomic mass is 10.0. The summed E-state index contributed by atoms with van der Waals surface area (Å²) in [6.45, 7) is 12.3. The first-order valence-electron chi connectivity index (χ1n) is 10.8. The predicted octanol–water partition coefficient (Wildman–Crippen LogP) is 2.70. The minimum absolute atomic E-state index is 0.0525. The number of nitrogens with one attached hydrogen (secondary N) is 6. The molecule has 6 N–H and O–H groups in total. The summed E-state index contributed by atoms with van der Waals surface area (Å²) >= 11 is 10.6.